The highest BCUT2D eigenvalue weighted by molar-refractivity contribution is 7.98. The summed E-state index contributed by atoms with van der Waals surface area (Å²) in [7, 11) is 0. The van der Waals surface area contributed by atoms with E-state index in [-0.39, 0.29) is 28.6 Å². The lowest BCUT2D eigenvalue weighted by molar-refractivity contribution is -0.123. The van der Waals surface area contributed by atoms with Gasteiger partial charge in [0.15, 0.2) is 5.16 Å². The topological polar surface area (TPSA) is 104 Å². The highest BCUT2D eigenvalue weighted by Crippen LogP contribution is 2.32. The number of amides is 2. The van der Waals surface area contributed by atoms with Crippen LogP contribution in [0.25, 0.3) is 0 Å². The summed E-state index contributed by atoms with van der Waals surface area (Å²) >= 11 is 7.41. The number of aromatic nitrogens is 2. The Morgan fingerprint density at radius 2 is 2.06 bits per heavy atom. The molecule has 0 fully saturated rings. The molecule has 1 atom stereocenters. The number of aryl methyl sites for hydroxylation is 1. The molecule has 10 heteroatoms. The minimum absolute atomic E-state index is 0.0442. The minimum Gasteiger partial charge on any atom is -0.325 e. The number of carbonyl (C=O) groups excluding carboxylic acids is 2. The number of rotatable bonds is 5. The maximum atomic E-state index is 13.6. The molecule has 2 aromatic carbocycles. The predicted molar refractivity (Wildman–Crippen MR) is 122 cm³/mol. The molecule has 32 heavy (non-hydrogen) atoms. The van der Waals surface area contributed by atoms with Gasteiger partial charge in [0.1, 0.15) is 11.6 Å². The minimum atomic E-state index is -1.06. The van der Waals surface area contributed by atoms with Gasteiger partial charge in [-0.3, -0.25) is 14.4 Å². The molecule has 1 aromatic heterocycles. The third-order valence-corrected chi connectivity index (χ3v) is 6.32. The number of fused-ring (bicyclic) bond motifs is 1. The van der Waals surface area contributed by atoms with Gasteiger partial charge in [0.25, 0.3) is 5.56 Å². The van der Waals surface area contributed by atoms with E-state index in [1.807, 2.05) is 18.2 Å². The fourth-order valence-corrected chi connectivity index (χ4v) is 4.50. The number of H-pyrrole nitrogens is 1. The summed E-state index contributed by atoms with van der Waals surface area (Å²) in [5.74, 6) is -2.08. The van der Waals surface area contributed by atoms with E-state index >= 15 is 0 Å². The van der Waals surface area contributed by atoms with Crippen LogP contribution in [-0.2, 0) is 15.3 Å². The van der Waals surface area contributed by atoms with E-state index < -0.39 is 29.1 Å². The quantitative estimate of drug-likeness (QED) is 0.381. The molecule has 0 aliphatic carbocycles. The number of thioether (sulfide) groups is 1. The molecule has 0 bridgehead atoms. The molecule has 4 rings (SSSR count). The van der Waals surface area contributed by atoms with Gasteiger partial charge in [-0.05, 0) is 36.2 Å². The fraction of sp³-hybridized carbons (Fsp3) is 0.182. The summed E-state index contributed by atoms with van der Waals surface area (Å²) in [6, 6.07) is 11.3. The Morgan fingerprint density at radius 3 is 2.84 bits per heavy atom. The molecule has 7 nitrogen and oxygen atoms in total. The smallest absolute Gasteiger partial charge is 0.257 e. The van der Waals surface area contributed by atoms with Crippen LogP contribution in [0, 0.1) is 12.7 Å². The molecule has 2 heterocycles. The molecule has 0 saturated carbocycles. The van der Waals surface area contributed by atoms with Crippen molar-refractivity contribution in [2.75, 3.05) is 10.6 Å². The van der Waals surface area contributed by atoms with Crippen molar-refractivity contribution < 1.29 is 14.0 Å². The fourth-order valence-electron chi connectivity index (χ4n) is 3.35. The van der Waals surface area contributed by atoms with E-state index in [2.05, 4.69) is 20.6 Å². The van der Waals surface area contributed by atoms with Gasteiger partial charge >= 0.3 is 0 Å². The predicted octanol–water partition coefficient (Wildman–Crippen LogP) is 4.23. The van der Waals surface area contributed by atoms with Crippen LogP contribution >= 0.6 is 23.4 Å². The number of hydrogen-bond donors (Lipinski definition) is 3. The van der Waals surface area contributed by atoms with Gasteiger partial charge in [0.05, 0.1) is 11.5 Å². The highest BCUT2D eigenvalue weighted by Gasteiger charge is 2.35. The number of benzene rings is 2. The Morgan fingerprint density at radius 1 is 1.28 bits per heavy atom. The summed E-state index contributed by atoms with van der Waals surface area (Å²) in [6.45, 7) is 1.72. The van der Waals surface area contributed by atoms with Crippen LogP contribution in [0.5, 0.6) is 0 Å². The molecule has 164 valence electrons. The first-order chi connectivity index (χ1) is 15.3. The lowest BCUT2D eigenvalue weighted by atomic mass is 9.92. The van der Waals surface area contributed by atoms with Crippen molar-refractivity contribution in [2.24, 2.45) is 0 Å². The summed E-state index contributed by atoms with van der Waals surface area (Å²) in [5, 5.41) is 6.07. The van der Waals surface area contributed by atoms with E-state index in [1.54, 1.807) is 13.0 Å². The van der Waals surface area contributed by atoms with Crippen molar-refractivity contribution in [1.29, 1.82) is 0 Å². The van der Waals surface area contributed by atoms with Crippen LogP contribution in [0.4, 0.5) is 15.9 Å². The van der Waals surface area contributed by atoms with Crippen molar-refractivity contribution in [2.45, 2.75) is 30.2 Å². The number of anilines is 2. The van der Waals surface area contributed by atoms with Crippen molar-refractivity contribution in [3.05, 3.63) is 80.3 Å². The van der Waals surface area contributed by atoms with Crippen molar-refractivity contribution >= 4 is 46.7 Å². The SMILES string of the molecule is Cc1ccc(F)cc1NC(=O)C1CC(=O)Nc2nc(SCc3ccccc3Cl)[nH]c(=O)c21. The average Bonchev–Trinajstić information content (AvgIpc) is 2.75. The summed E-state index contributed by atoms with van der Waals surface area (Å²) in [6.07, 6.45) is -0.218. The van der Waals surface area contributed by atoms with E-state index in [1.165, 1.54) is 30.0 Å². The molecule has 3 aromatic rings. The number of hydrogen-bond acceptors (Lipinski definition) is 5. The Bertz CT molecular complexity index is 1280. The van der Waals surface area contributed by atoms with Crippen LogP contribution in [-0.4, -0.2) is 21.8 Å². The number of aromatic amines is 1. The standard InChI is InChI=1S/C22H18ClFN4O3S/c1-11-6-7-13(24)8-16(11)25-20(30)14-9-17(29)26-19-18(14)21(31)28-22(27-19)32-10-12-4-2-3-5-15(12)23/h2-8,14H,9-10H2,1H3,(H,25,30)(H2,26,27,28,29,31). The van der Waals surface area contributed by atoms with E-state index in [0.29, 0.717) is 16.3 Å². The van der Waals surface area contributed by atoms with E-state index in [9.17, 15) is 18.8 Å². The molecule has 1 unspecified atom stereocenters. The van der Waals surface area contributed by atoms with Crippen molar-refractivity contribution in [3.63, 3.8) is 0 Å². The molecule has 3 N–H and O–H groups in total. The van der Waals surface area contributed by atoms with Crippen LogP contribution in [0.2, 0.25) is 5.02 Å². The molecule has 1 aliphatic rings. The van der Waals surface area contributed by atoms with E-state index in [0.717, 1.165) is 5.56 Å². The maximum absolute atomic E-state index is 13.6. The number of nitrogens with one attached hydrogen (secondary N) is 3. The first-order valence-electron chi connectivity index (χ1n) is 9.69. The van der Waals surface area contributed by atoms with Crippen LogP contribution in [0.1, 0.15) is 29.0 Å². The Balaban J connectivity index is 1.60. The second-order valence-corrected chi connectivity index (χ2v) is 8.64. The van der Waals surface area contributed by atoms with Gasteiger partial charge in [-0.25, -0.2) is 9.37 Å². The Kier molecular flexibility index (Phi) is 6.29. The molecular weight excluding hydrogens is 455 g/mol. The molecule has 2 amide bonds. The highest BCUT2D eigenvalue weighted by atomic mass is 35.5. The first-order valence-corrected chi connectivity index (χ1v) is 11.1. The monoisotopic (exact) mass is 472 g/mol. The van der Waals surface area contributed by atoms with Crippen LogP contribution in [0.3, 0.4) is 0 Å². The van der Waals surface area contributed by atoms with Gasteiger partial charge in [0.2, 0.25) is 11.8 Å². The van der Waals surface area contributed by atoms with Crippen molar-refractivity contribution in [3.8, 4) is 0 Å². The number of nitrogens with zero attached hydrogens (tertiary/aromatic N) is 1. The van der Waals surface area contributed by atoms with Crippen molar-refractivity contribution in [1.82, 2.24) is 9.97 Å². The largest absolute Gasteiger partial charge is 0.325 e. The van der Waals surface area contributed by atoms with Crippen LogP contribution < -0.4 is 16.2 Å². The lowest BCUT2D eigenvalue weighted by Gasteiger charge is -2.23. The summed E-state index contributed by atoms with van der Waals surface area (Å²) < 4.78 is 13.6. The summed E-state index contributed by atoms with van der Waals surface area (Å²) in [4.78, 5) is 45.0. The third-order valence-electron chi connectivity index (χ3n) is 5.03. The number of carbonyl (C=O) groups is 2. The second kappa shape index (κ2) is 9.13. The van der Waals surface area contributed by atoms with Gasteiger partial charge in [0, 0.05) is 22.9 Å². The first kappa shape index (κ1) is 22.0. The number of halogens is 2. The van der Waals surface area contributed by atoms with Gasteiger partial charge in [-0.2, -0.15) is 0 Å². The lowest BCUT2D eigenvalue weighted by Crippen LogP contribution is -2.36. The zero-order chi connectivity index (χ0) is 22.8. The molecule has 0 spiro atoms. The van der Waals surface area contributed by atoms with E-state index in [4.69, 9.17) is 11.6 Å². The van der Waals surface area contributed by atoms with Gasteiger partial charge < -0.3 is 15.6 Å². The Hall–Kier alpha value is -3.17. The maximum Gasteiger partial charge on any atom is 0.257 e. The Labute approximate surface area is 191 Å². The normalized spacial score (nSPS) is 15.1. The van der Waals surface area contributed by atoms with Gasteiger partial charge in [-0.1, -0.05) is 47.6 Å². The third kappa shape index (κ3) is 4.68. The molecule has 0 radical (unpaired) electrons. The van der Waals surface area contributed by atoms with Crippen LogP contribution in [0.15, 0.2) is 52.4 Å². The molecular formula is C22H18ClFN4O3S. The average molecular weight is 473 g/mol. The molecule has 1 aliphatic heterocycles. The zero-order valence-corrected chi connectivity index (χ0v) is 18.4. The second-order valence-electron chi connectivity index (χ2n) is 7.27. The van der Waals surface area contributed by atoms with Gasteiger partial charge in [-0.15, -0.1) is 0 Å². The zero-order valence-electron chi connectivity index (χ0n) is 16.9. The summed E-state index contributed by atoms with van der Waals surface area (Å²) in [5.41, 5.74) is 1.34. The molecule has 0 saturated heterocycles.